The molecule has 0 spiro atoms. The number of ether oxygens (including phenoxy) is 1. The molecule has 14 heavy (non-hydrogen) atoms. The van der Waals surface area contributed by atoms with Gasteiger partial charge in [0.25, 0.3) is 6.43 Å². The third-order valence-electron chi connectivity index (χ3n) is 1.72. The third-order valence-corrected chi connectivity index (χ3v) is 2.65. The van der Waals surface area contributed by atoms with E-state index in [0.717, 1.165) is 0 Å². The van der Waals surface area contributed by atoms with E-state index >= 15 is 0 Å². The molecule has 0 atom stereocenters. The first-order chi connectivity index (χ1) is 6.61. The molecule has 2 N–H and O–H groups in total. The molecule has 1 heterocycles. The summed E-state index contributed by atoms with van der Waals surface area (Å²) >= 11 is 3.05. The number of methoxy groups -OCH3 is 1. The van der Waals surface area contributed by atoms with E-state index in [2.05, 4.69) is 20.9 Å². The molecular formula is C8H9BrF2N2O. The van der Waals surface area contributed by atoms with Gasteiger partial charge in [-0.05, 0) is 21.5 Å². The summed E-state index contributed by atoms with van der Waals surface area (Å²) in [5, 5.41) is 0. The SMILES string of the molecule is COc1ncc(CN)c(Br)c1C(F)F. The number of rotatable bonds is 3. The summed E-state index contributed by atoms with van der Waals surface area (Å²) in [6.45, 7) is 0.150. The molecule has 0 unspecified atom stereocenters. The Hall–Kier alpha value is -0.750. The molecule has 1 aromatic rings. The van der Waals surface area contributed by atoms with Gasteiger partial charge in [0.05, 0.1) is 12.7 Å². The number of hydrogen-bond donors (Lipinski definition) is 1. The molecule has 0 radical (unpaired) electrons. The fourth-order valence-electron chi connectivity index (χ4n) is 1.02. The van der Waals surface area contributed by atoms with E-state index in [-0.39, 0.29) is 22.5 Å². The first kappa shape index (κ1) is 11.3. The van der Waals surface area contributed by atoms with Crippen molar-refractivity contribution in [2.24, 2.45) is 5.73 Å². The monoisotopic (exact) mass is 266 g/mol. The minimum atomic E-state index is -2.64. The minimum absolute atomic E-state index is 0.0796. The van der Waals surface area contributed by atoms with Gasteiger partial charge in [-0.1, -0.05) is 0 Å². The summed E-state index contributed by atoms with van der Waals surface area (Å²) in [6.07, 6.45) is -1.23. The standard InChI is InChI=1S/C8H9BrF2N2O/c1-14-8-5(7(10)11)6(9)4(2-12)3-13-8/h3,7H,2,12H2,1H3. The van der Waals surface area contributed by atoms with Gasteiger partial charge in [-0.2, -0.15) is 0 Å². The molecule has 0 amide bonds. The minimum Gasteiger partial charge on any atom is -0.481 e. The fraction of sp³-hybridized carbons (Fsp3) is 0.375. The largest absolute Gasteiger partial charge is 0.481 e. The topological polar surface area (TPSA) is 48.1 Å². The molecule has 78 valence electrons. The average Bonchev–Trinajstić information content (AvgIpc) is 2.16. The van der Waals surface area contributed by atoms with Crippen LogP contribution in [0, 0.1) is 0 Å². The maximum absolute atomic E-state index is 12.6. The summed E-state index contributed by atoms with van der Waals surface area (Å²) in [5.41, 5.74) is 5.63. The lowest BCUT2D eigenvalue weighted by Gasteiger charge is -2.11. The van der Waals surface area contributed by atoms with Crippen LogP contribution in [0.5, 0.6) is 5.88 Å². The molecule has 0 aliphatic rings. The van der Waals surface area contributed by atoms with E-state index in [0.29, 0.717) is 5.56 Å². The third kappa shape index (κ3) is 2.01. The highest BCUT2D eigenvalue weighted by atomic mass is 79.9. The van der Waals surface area contributed by atoms with Crippen LogP contribution in [0.15, 0.2) is 10.7 Å². The molecule has 0 saturated heterocycles. The Labute approximate surface area is 88.4 Å². The second kappa shape index (κ2) is 4.65. The van der Waals surface area contributed by atoms with Crippen molar-refractivity contribution < 1.29 is 13.5 Å². The van der Waals surface area contributed by atoms with Gasteiger partial charge in [-0.25, -0.2) is 13.8 Å². The van der Waals surface area contributed by atoms with Crippen molar-refractivity contribution in [3.8, 4) is 5.88 Å². The van der Waals surface area contributed by atoms with Gasteiger partial charge in [0.15, 0.2) is 0 Å². The van der Waals surface area contributed by atoms with E-state index < -0.39 is 6.43 Å². The first-order valence-corrected chi connectivity index (χ1v) is 4.60. The van der Waals surface area contributed by atoms with Crippen molar-refractivity contribution in [2.45, 2.75) is 13.0 Å². The molecular weight excluding hydrogens is 258 g/mol. The van der Waals surface area contributed by atoms with E-state index in [1.807, 2.05) is 0 Å². The van der Waals surface area contributed by atoms with Crippen LogP contribution in [-0.4, -0.2) is 12.1 Å². The Morgan fingerprint density at radius 2 is 2.29 bits per heavy atom. The predicted molar refractivity (Wildman–Crippen MR) is 51.3 cm³/mol. The van der Waals surface area contributed by atoms with Crippen molar-refractivity contribution in [2.75, 3.05) is 7.11 Å². The lowest BCUT2D eigenvalue weighted by Crippen LogP contribution is -2.04. The maximum atomic E-state index is 12.6. The van der Waals surface area contributed by atoms with Crippen molar-refractivity contribution in [1.29, 1.82) is 0 Å². The van der Waals surface area contributed by atoms with Crippen molar-refractivity contribution in [3.05, 3.63) is 21.8 Å². The number of alkyl halides is 2. The molecule has 0 aromatic carbocycles. The zero-order valence-corrected chi connectivity index (χ0v) is 9.01. The second-order valence-electron chi connectivity index (χ2n) is 2.53. The van der Waals surface area contributed by atoms with Gasteiger partial charge in [0.1, 0.15) is 0 Å². The molecule has 6 heteroatoms. The Morgan fingerprint density at radius 1 is 1.64 bits per heavy atom. The van der Waals surface area contributed by atoms with Crippen LogP contribution in [0.3, 0.4) is 0 Å². The number of hydrogen-bond acceptors (Lipinski definition) is 3. The van der Waals surface area contributed by atoms with Crippen LogP contribution >= 0.6 is 15.9 Å². The molecule has 0 fully saturated rings. The summed E-state index contributed by atoms with van der Waals surface area (Å²) in [6, 6.07) is 0. The molecule has 3 nitrogen and oxygen atoms in total. The maximum Gasteiger partial charge on any atom is 0.270 e. The fourth-order valence-corrected chi connectivity index (χ4v) is 1.63. The van der Waals surface area contributed by atoms with Gasteiger partial charge in [0, 0.05) is 17.2 Å². The van der Waals surface area contributed by atoms with Crippen molar-refractivity contribution in [1.82, 2.24) is 4.98 Å². The van der Waals surface area contributed by atoms with Crippen LogP contribution < -0.4 is 10.5 Å². The number of aromatic nitrogens is 1. The van der Waals surface area contributed by atoms with Crippen LogP contribution in [0.25, 0.3) is 0 Å². The van der Waals surface area contributed by atoms with Crippen LogP contribution in [0.1, 0.15) is 17.6 Å². The van der Waals surface area contributed by atoms with E-state index in [1.165, 1.54) is 13.3 Å². The quantitative estimate of drug-likeness (QED) is 0.913. The molecule has 0 aliphatic carbocycles. The average molecular weight is 267 g/mol. The summed E-state index contributed by atoms with van der Waals surface area (Å²) < 4.78 is 30.2. The lowest BCUT2D eigenvalue weighted by atomic mass is 10.2. The van der Waals surface area contributed by atoms with E-state index in [9.17, 15) is 8.78 Å². The van der Waals surface area contributed by atoms with E-state index in [1.54, 1.807) is 0 Å². The molecule has 1 rings (SSSR count). The van der Waals surface area contributed by atoms with Gasteiger partial charge >= 0.3 is 0 Å². The highest BCUT2D eigenvalue weighted by molar-refractivity contribution is 9.10. The van der Waals surface area contributed by atoms with E-state index in [4.69, 9.17) is 10.5 Å². The molecule has 1 aromatic heterocycles. The lowest BCUT2D eigenvalue weighted by molar-refractivity contribution is 0.145. The Kier molecular flexibility index (Phi) is 3.77. The number of pyridine rings is 1. The van der Waals surface area contributed by atoms with Crippen LogP contribution in [-0.2, 0) is 6.54 Å². The second-order valence-corrected chi connectivity index (χ2v) is 3.32. The number of nitrogens with two attached hydrogens (primary N) is 1. The van der Waals surface area contributed by atoms with Crippen LogP contribution in [0.4, 0.5) is 8.78 Å². The van der Waals surface area contributed by atoms with Gasteiger partial charge in [0.2, 0.25) is 5.88 Å². The Morgan fingerprint density at radius 3 is 2.71 bits per heavy atom. The van der Waals surface area contributed by atoms with Gasteiger partial charge in [-0.3, -0.25) is 0 Å². The summed E-state index contributed by atoms with van der Waals surface area (Å²) in [7, 11) is 1.29. The Balaban J connectivity index is 3.31. The molecule has 0 aliphatic heterocycles. The zero-order chi connectivity index (χ0) is 10.7. The first-order valence-electron chi connectivity index (χ1n) is 3.81. The molecule has 0 saturated carbocycles. The molecule has 0 bridgehead atoms. The van der Waals surface area contributed by atoms with Crippen molar-refractivity contribution >= 4 is 15.9 Å². The van der Waals surface area contributed by atoms with Gasteiger partial charge < -0.3 is 10.5 Å². The highest BCUT2D eigenvalue weighted by Gasteiger charge is 2.21. The zero-order valence-electron chi connectivity index (χ0n) is 7.43. The number of halogens is 3. The summed E-state index contributed by atoms with van der Waals surface area (Å²) in [5.74, 6) is -0.0796. The van der Waals surface area contributed by atoms with Crippen molar-refractivity contribution in [3.63, 3.8) is 0 Å². The Bertz CT molecular complexity index is 333. The van der Waals surface area contributed by atoms with Crippen LogP contribution in [0.2, 0.25) is 0 Å². The normalized spacial score (nSPS) is 10.7. The highest BCUT2D eigenvalue weighted by Crippen LogP contribution is 2.35. The van der Waals surface area contributed by atoms with Gasteiger partial charge in [-0.15, -0.1) is 0 Å². The predicted octanol–water partition coefficient (Wildman–Crippen LogP) is 2.25. The smallest absolute Gasteiger partial charge is 0.270 e. The number of nitrogens with zero attached hydrogens (tertiary/aromatic N) is 1. The summed E-state index contributed by atoms with van der Waals surface area (Å²) in [4.78, 5) is 3.74.